The number of carbonyl (C=O) groups excluding carboxylic acids is 1. The third-order valence-corrected chi connectivity index (χ3v) is 5.09. The van der Waals surface area contributed by atoms with Gasteiger partial charge >= 0.3 is 5.97 Å². The second kappa shape index (κ2) is 8.97. The van der Waals surface area contributed by atoms with Crippen LogP contribution in [0, 0.1) is 0 Å². The van der Waals surface area contributed by atoms with E-state index < -0.39 is 5.97 Å². The number of benzene rings is 1. The average Bonchev–Trinajstić information content (AvgIpc) is 2.61. The highest BCUT2D eigenvalue weighted by Crippen LogP contribution is 2.18. The molecule has 2 N–H and O–H groups in total. The smallest absolute Gasteiger partial charge is 0.317 e. The van der Waals surface area contributed by atoms with Crippen molar-refractivity contribution >= 4 is 11.9 Å². The van der Waals surface area contributed by atoms with Crippen LogP contribution in [0.5, 0.6) is 0 Å². The van der Waals surface area contributed by atoms with E-state index in [0.29, 0.717) is 0 Å². The summed E-state index contributed by atoms with van der Waals surface area (Å²) in [6.07, 6.45) is 1.77. The van der Waals surface area contributed by atoms with Crippen LogP contribution in [0.2, 0.25) is 0 Å². The molecule has 1 amide bonds. The summed E-state index contributed by atoms with van der Waals surface area (Å²) in [4.78, 5) is 27.4. The predicted octanol–water partition coefficient (Wildman–Crippen LogP) is 1.73. The van der Waals surface area contributed by atoms with E-state index in [1.165, 1.54) is 0 Å². The number of carboxylic acid groups (broad SMARTS) is 1. The van der Waals surface area contributed by atoms with Gasteiger partial charge in [-0.1, -0.05) is 30.3 Å². The Bertz CT molecular complexity index is 571. The molecule has 1 saturated heterocycles. The molecular weight excluding hydrogens is 318 g/mol. The third-order valence-electron chi connectivity index (χ3n) is 5.09. The number of aliphatic carboxylic acids is 1. The summed E-state index contributed by atoms with van der Waals surface area (Å²) < 4.78 is 0. The van der Waals surface area contributed by atoms with Crippen LogP contribution in [-0.2, 0) is 9.59 Å². The zero-order valence-electron chi connectivity index (χ0n) is 15.3. The van der Waals surface area contributed by atoms with Crippen LogP contribution in [-0.4, -0.2) is 65.5 Å². The van der Waals surface area contributed by atoms with Gasteiger partial charge in [0.2, 0.25) is 5.91 Å². The van der Waals surface area contributed by atoms with Crippen molar-refractivity contribution < 1.29 is 14.7 Å². The second-order valence-corrected chi connectivity index (χ2v) is 6.89. The molecule has 1 heterocycles. The molecule has 1 aliphatic rings. The van der Waals surface area contributed by atoms with E-state index >= 15 is 0 Å². The van der Waals surface area contributed by atoms with Crippen molar-refractivity contribution in [1.82, 2.24) is 15.1 Å². The molecule has 1 fully saturated rings. The summed E-state index contributed by atoms with van der Waals surface area (Å²) in [5.74, 6) is -0.763. The Morgan fingerprint density at radius 3 is 2.40 bits per heavy atom. The molecule has 0 saturated carbocycles. The summed E-state index contributed by atoms with van der Waals surface area (Å²) >= 11 is 0. The fourth-order valence-electron chi connectivity index (χ4n) is 3.38. The van der Waals surface area contributed by atoms with E-state index in [4.69, 9.17) is 5.11 Å². The lowest BCUT2D eigenvalue weighted by molar-refractivity contribution is -0.138. The van der Waals surface area contributed by atoms with Gasteiger partial charge in [-0.05, 0) is 39.3 Å². The van der Waals surface area contributed by atoms with Gasteiger partial charge in [-0.2, -0.15) is 0 Å². The van der Waals surface area contributed by atoms with Gasteiger partial charge in [-0.15, -0.1) is 0 Å². The minimum atomic E-state index is -0.799. The molecule has 1 aromatic rings. The summed E-state index contributed by atoms with van der Waals surface area (Å²) in [6.45, 7) is 5.61. The lowest BCUT2D eigenvalue weighted by Gasteiger charge is -2.38. The van der Waals surface area contributed by atoms with Gasteiger partial charge in [0.25, 0.3) is 0 Å². The van der Waals surface area contributed by atoms with Crippen LogP contribution in [0.4, 0.5) is 0 Å². The number of rotatable bonds is 7. The van der Waals surface area contributed by atoms with Gasteiger partial charge in [-0.25, -0.2) is 0 Å². The number of likely N-dealkylation sites (N-methyl/N-ethyl adjacent to an activating group) is 1. The highest BCUT2D eigenvalue weighted by Gasteiger charge is 2.29. The van der Waals surface area contributed by atoms with Crippen LogP contribution in [0.1, 0.15) is 38.3 Å². The van der Waals surface area contributed by atoms with Gasteiger partial charge in [0.05, 0.1) is 18.6 Å². The Hall–Kier alpha value is -1.92. The van der Waals surface area contributed by atoms with Crippen molar-refractivity contribution in [2.75, 3.05) is 26.7 Å². The SMILES string of the molecule is CC(NC(=O)C(C)N1CCC(N(C)CC(=O)O)CC1)c1ccccc1. The Kier molecular flexibility index (Phi) is 6.96. The summed E-state index contributed by atoms with van der Waals surface area (Å²) in [5.41, 5.74) is 1.09. The first-order valence-electron chi connectivity index (χ1n) is 8.90. The van der Waals surface area contributed by atoms with Gasteiger partial charge in [-0.3, -0.25) is 19.4 Å². The topological polar surface area (TPSA) is 72.9 Å². The second-order valence-electron chi connectivity index (χ2n) is 6.89. The van der Waals surface area contributed by atoms with Crippen molar-refractivity contribution in [3.05, 3.63) is 35.9 Å². The van der Waals surface area contributed by atoms with E-state index in [9.17, 15) is 9.59 Å². The van der Waals surface area contributed by atoms with E-state index in [0.717, 1.165) is 31.5 Å². The normalized spacial score (nSPS) is 18.7. The van der Waals surface area contributed by atoms with E-state index in [-0.39, 0.29) is 30.6 Å². The number of nitrogens with one attached hydrogen (secondary N) is 1. The van der Waals surface area contributed by atoms with Crippen LogP contribution < -0.4 is 5.32 Å². The molecule has 138 valence electrons. The first kappa shape index (κ1) is 19.4. The maximum absolute atomic E-state index is 12.5. The Labute approximate surface area is 149 Å². The lowest BCUT2D eigenvalue weighted by atomic mass is 10.0. The molecule has 6 heteroatoms. The van der Waals surface area contributed by atoms with E-state index in [1.807, 2.05) is 56.1 Å². The maximum atomic E-state index is 12.5. The van der Waals surface area contributed by atoms with Crippen LogP contribution >= 0.6 is 0 Å². The monoisotopic (exact) mass is 347 g/mol. The molecule has 2 atom stereocenters. The Morgan fingerprint density at radius 1 is 1.24 bits per heavy atom. The molecule has 0 bridgehead atoms. The lowest BCUT2D eigenvalue weighted by Crippen LogP contribution is -2.51. The highest BCUT2D eigenvalue weighted by molar-refractivity contribution is 5.81. The molecule has 6 nitrogen and oxygen atoms in total. The van der Waals surface area contributed by atoms with Crippen molar-refractivity contribution in [2.24, 2.45) is 0 Å². The fraction of sp³-hybridized carbons (Fsp3) is 0.579. The molecule has 0 aliphatic carbocycles. The molecule has 1 aromatic carbocycles. The number of likely N-dealkylation sites (tertiary alicyclic amines) is 1. The number of hydrogen-bond donors (Lipinski definition) is 2. The summed E-state index contributed by atoms with van der Waals surface area (Å²) in [6, 6.07) is 10.0. The molecular formula is C19H29N3O3. The van der Waals surface area contributed by atoms with E-state index in [2.05, 4.69) is 10.2 Å². The quantitative estimate of drug-likeness (QED) is 0.786. The first-order chi connectivity index (χ1) is 11.9. The molecule has 2 unspecified atom stereocenters. The Balaban J connectivity index is 1.82. The predicted molar refractivity (Wildman–Crippen MR) is 97.3 cm³/mol. The van der Waals surface area contributed by atoms with Crippen LogP contribution in [0.25, 0.3) is 0 Å². The van der Waals surface area contributed by atoms with Crippen molar-refractivity contribution in [3.63, 3.8) is 0 Å². The Morgan fingerprint density at radius 2 is 1.84 bits per heavy atom. The first-order valence-corrected chi connectivity index (χ1v) is 8.90. The number of nitrogens with zero attached hydrogens (tertiary/aromatic N) is 2. The zero-order chi connectivity index (χ0) is 18.4. The minimum absolute atomic E-state index is 0.0182. The van der Waals surface area contributed by atoms with Gasteiger partial charge < -0.3 is 10.4 Å². The molecule has 25 heavy (non-hydrogen) atoms. The van der Waals surface area contributed by atoms with Crippen molar-refractivity contribution in [2.45, 2.75) is 44.8 Å². The van der Waals surface area contributed by atoms with Crippen LogP contribution in [0.15, 0.2) is 30.3 Å². The summed E-state index contributed by atoms with van der Waals surface area (Å²) in [5, 5.41) is 12.0. The van der Waals surface area contributed by atoms with Crippen molar-refractivity contribution in [1.29, 1.82) is 0 Å². The van der Waals surface area contributed by atoms with E-state index in [1.54, 1.807) is 0 Å². The largest absolute Gasteiger partial charge is 0.480 e. The molecule has 2 rings (SSSR count). The average molecular weight is 347 g/mol. The molecule has 0 aromatic heterocycles. The highest BCUT2D eigenvalue weighted by atomic mass is 16.4. The van der Waals surface area contributed by atoms with Gasteiger partial charge in [0.15, 0.2) is 0 Å². The molecule has 0 radical (unpaired) electrons. The van der Waals surface area contributed by atoms with Gasteiger partial charge in [0.1, 0.15) is 0 Å². The fourth-order valence-corrected chi connectivity index (χ4v) is 3.38. The zero-order valence-corrected chi connectivity index (χ0v) is 15.3. The molecule has 1 aliphatic heterocycles. The third kappa shape index (κ3) is 5.54. The minimum Gasteiger partial charge on any atom is -0.480 e. The summed E-state index contributed by atoms with van der Waals surface area (Å²) in [7, 11) is 1.85. The number of carbonyl (C=O) groups is 2. The van der Waals surface area contributed by atoms with Crippen LogP contribution in [0.3, 0.4) is 0 Å². The van der Waals surface area contributed by atoms with Gasteiger partial charge in [0, 0.05) is 19.1 Å². The number of carboxylic acids is 1. The number of amides is 1. The van der Waals surface area contributed by atoms with Crippen molar-refractivity contribution in [3.8, 4) is 0 Å². The molecule has 0 spiro atoms. The maximum Gasteiger partial charge on any atom is 0.317 e. The standard InChI is InChI=1S/C19H29N3O3/c1-14(16-7-5-4-6-8-16)20-19(25)15(2)22-11-9-17(10-12-22)21(3)13-18(23)24/h4-8,14-15,17H,9-13H2,1-3H3,(H,20,25)(H,23,24). The number of piperidine rings is 1. The number of hydrogen-bond acceptors (Lipinski definition) is 4.